The van der Waals surface area contributed by atoms with Gasteiger partial charge >= 0.3 is 6.09 Å². The van der Waals surface area contributed by atoms with Gasteiger partial charge in [0.25, 0.3) is 10.1 Å². The zero-order valence-electron chi connectivity index (χ0n) is 15.2. The summed E-state index contributed by atoms with van der Waals surface area (Å²) in [5.41, 5.74) is 0.981. The van der Waals surface area contributed by atoms with Gasteiger partial charge in [-0.05, 0) is 31.2 Å². The van der Waals surface area contributed by atoms with Crippen LogP contribution < -0.4 is 14.8 Å². The van der Waals surface area contributed by atoms with Crippen molar-refractivity contribution >= 4 is 21.9 Å². The van der Waals surface area contributed by atoms with Crippen LogP contribution in [0.15, 0.2) is 41.3 Å². The summed E-state index contributed by atoms with van der Waals surface area (Å²) in [6.07, 6.45) is -1.55. The molecule has 0 saturated carbocycles. The normalized spacial score (nSPS) is 15.7. The molecule has 0 fully saturated rings. The number of aryl methyl sites for hydroxylation is 1. The standard InChI is InChI=1S/C18H19NO8S/c1-11-3-5-13(6-4-11)28(22,23)26-10-12-9-25-15-8-7-14(19-18(21)24-2)16(20)17(15)27-12/h3-8,12,20H,9-10H2,1-2H3,(H,19,21)/t12-/m1/s1. The lowest BCUT2D eigenvalue weighted by molar-refractivity contribution is 0.0529. The SMILES string of the molecule is COC(=O)Nc1ccc2c(c1O)O[C@@H](COS(=O)(=O)c1ccc(C)cc1)CO2. The molecule has 28 heavy (non-hydrogen) atoms. The minimum atomic E-state index is -3.96. The van der Waals surface area contributed by atoms with Crippen molar-refractivity contribution in [3.05, 3.63) is 42.0 Å². The lowest BCUT2D eigenvalue weighted by Gasteiger charge is -2.27. The van der Waals surface area contributed by atoms with Crippen LogP contribution >= 0.6 is 0 Å². The number of hydrogen-bond donors (Lipinski definition) is 2. The van der Waals surface area contributed by atoms with E-state index in [9.17, 15) is 18.3 Å². The van der Waals surface area contributed by atoms with Gasteiger partial charge in [0.1, 0.15) is 13.2 Å². The van der Waals surface area contributed by atoms with Crippen molar-refractivity contribution in [2.75, 3.05) is 25.6 Å². The second-order valence-electron chi connectivity index (χ2n) is 6.01. The molecule has 150 valence electrons. The summed E-state index contributed by atoms with van der Waals surface area (Å²) in [4.78, 5) is 11.4. The van der Waals surface area contributed by atoms with E-state index in [1.54, 1.807) is 12.1 Å². The van der Waals surface area contributed by atoms with Crippen LogP contribution in [0.5, 0.6) is 17.2 Å². The van der Waals surface area contributed by atoms with E-state index in [4.69, 9.17) is 13.7 Å². The molecule has 9 nitrogen and oxygen atoms in total. The number of nitrogens with one attached hydrogen (secondary N) is 1. The highest BCUT2D eigenvalue weighted by molar-refractivity contribution is 7.86. The topological polar surface area (TPSA) is 120 Å². The first-order chi connectivity index (χ1) is 13.3. The fourth-order valence-corrected chi connectivity index (χ4v) is 3.38. The maximum Gasteiger partial charge on any atom is 0.411 e. The Balaban J connectivity index is 1.70. The predicted octanol–water partition coefficient (Wildman–Crippen LogP) is 2.42. The van der Waals surface area contributed by atoms with Crippen LogP contribution in [0.3, 0.4) is 0 Å². The number of methoxy groups -OCH3 is 1. The lowest BCUT2D eigenvalue weighted by atomic mass is 10.2. The predicted molar refractivity (Wildman–Crippen MR) is 98.4 cm³/mol. The van der Waals surface area contributed by atoms with Crippen molar-refractivity contribution in [2.24, 2.45) is 0 Å². The summed E-state index contributed by atoms with van der Waals surface area (Å²) < 4.78 is 45.2. The van der Waals surface area contributed by atoms with Crippen molar-refractivity contribution in [2.45, 2.75) is 17.9 Å². The summed E-state index contributed by atoms with van der Waals surface area (Å²) in [6, 6.07) is 9.16. The molecular weight excluding hydrogens is 390 g/mol. The molecule has 2 aromatic carbocycles. The van der Waals surface area contributed by atoms with Crippen LogP contribution in [0, 0.1) is 6.92 Å². The average molecular weight is 409 g/mol. The molecule has 0 radical (unpaired) electrons. The molecule has 3 rings (SSSR count). The molecule has 1 aliphatic rings. The zero-order chi connectivity index (χ0) is 20.3. The second kappa shape index (κ2) is 7.95. The van der Waals surface area contributed by atoms with Crippen LogP contribution in [-0.4, -0.2) is 46.0 Å². The highest BCUT2D eigenvalue weighted by Crippen LogP contribution is 2.44. The third-order valence-corrected chi connectivity index (χ3v) is 5.24. The highest BCUT2D eigenvalue weighted by atomic mass is 32.2. The molecule has 1 heterocycles. The Hall–Kier alpha value is -2.98. The van der Waals surface area contributed by atoms with Gasteiger partial charge in [0.2, 0.25) is 5.75 Å². The quantitative estimate of drug-likeness (QED) is 0.571. The van der Waals surface area contributed by atoms with Crippen molar-refractivity contribution < 1.29 is 36.7 Å². The fraction of sp³-hybridized carbons (Fsp3) is 0.278. The number of amides is 1. The summed E-state index contributed by atoms with van der Waals surface area (Å²) in [7, 11) is -2.78. The number of carbonyl (C=O) groups is 1. The van der Waals surface area contributed by atoms with Crippen LogP contribution in [-0.2, 0) is 19.0 Å². The van der Waals surface area contributed by atoms with Gasteiger partial charge in [0, 0.05) is 0 Å². The van der Waals surface area contributed by atoms with Crippen molar-refractivity contribution in [1.29, 1.82) is 0 Å². The highest BCUT2D eigenvalue weighted by Gasteiger charge is 2.28. The zero-order valence-corrected chi connectivity index (χ0v) is 16.0. The van der Waals surface area contributed by atoms with Crippen LogP contribution in [0.2, 0.25) is 0 Å². The van der Waals surface area contributed by atoms with E-state index in [0.29, 0.717) is 0 Å². The molecule has 0 spiro atoms. The fourth-order valence-electron chi connectivity index (χ4n) is 2.45. The Bertz CT molecular complexity index is 972. The van der Waals surface area contributed by atoms with Gasteiger partial charge in [-0.2, -0.15) is 8.42 Å². The number of fused-ring (bicyclic) bond motifs is 1. The van der Waals surface area contributed by atoms with Crippen molar-refractivity contribution in [3.8, 4) is 17.2 Å². The molecule has 0 unspecified atom stereocenters. The van der Waals surface area contributed by atoms with Crippen LogP contribution in [0.4, 0.5) is 10.5 Å². The first kappa shape index (κ1) is 19.8. The van der Waals surface area contributed by atoms with Crippen LogP contribution in [0.25, 0.3) is 0 Å². The number of anilines is 1. The maximum absolute atomic E-state index is 12.3. The van der Waals surface area contributed by atoms with E-state index >= 15 is 0 Å². The van der Waals surface area contributed by atoms with E-state index < -0.39 is 22.3 Å². The Morgan fingerprint density at radius 1 is 1.25 bits per heavy atom. The number of phenols is 1. The van der Waals surface area contributed by atoms with Crippen molar-refractivity contribution in [1.82, 2.24) is 0 Å². The van der Waals surface area contributed by atoms with E-state index in [-0.39, 0.29) is 41.0 Å². The van der Waals surface area contributed by atoms with E-state index in [1.807, 2.05) is 6.92 Å². The van der Waals surface area contributed by atoms with E-state index in [2.05, 4.69) is 10.1 Å². The van der Waals surface area contributed by atoms with Gasteiger partial charge < -0.3 is 19.3 Å². The van der Waals surface area contributed by atoms with Crippen LogP contribution in [0.1, 0.15) is 5.56 Å². The lowest BCUT2D eigenvalue weighted by Crippen LogP contribution is -2.34. The molecule has 10 heteroatoms. The number of benzene rings is 2. The minimum Gasteiger partial charge on any atom is -0.503 e. The Kier molecular flexibility index (Phi) is 5.61. The Labute approximate surface area is 161 Å². The number of phenolic OH excluding ortho intramolecular Hbond substituents is 1. The molecule has 2 aromatic rings. The minimum absolute atomic E-state index is 0.0264. The first-order valence-electron chi connectivity index (χ1n) is 8.26. The molecule has 0 saturated heterocycles. The van der Waals surface area contributed by atoms with Gasteiger partial charge in [0.15, 0.2) is 17.6 Å². The third kappa shape index (κ3) is 4.29. The van der Waals surface area contributed by atoms with E-state index in [1.165, 1.54) is 31.4 Å². The van der Waals surface area contributed by atoms with Crippen molar-refractivity contribution in [3.63, 3.8) is 0 Å². The monoisotopic (exact) mass is 409 g/mol. The summed E-state index contributed by atoms with van der Waals surface area (Å²) >= 11 is 0. The second-order valence-corrected chi connectivity index (χ2v) is 7.62. The summed E-state index contributed by atoms with van der Waals surface area (Å²) in [5.74, 6) is -0.138. The van der Waals surface area contributed by atoms with Gasteiger partial charge in [-0.1, -0.05) is 17.7 Å². The molecule has 0 bridgehead atoms. The largest absolute Gasteiger partial charge is 0.503 e. The molecule has 2 N–H and O–H groups in total. The average Bonchev–Trinajstić information content (AvgIpc) is 2.69. The Morgan fingerprint density at radius 2 is 1.96 bits per heavy atom. The van der Waals surface area contributed by atoms with Gasteiger partial charge in [-0.25, -0.2) is 4.79 Å². The number of ether oxygens (including phenoxy) is 3. The molecule has 0 aromatic heterocycles. The molecule has 1 atom stereocenters. The summed E-state index contributed by atoms with van der Waals surface area (Å²) in [5, 5.41) is 12.6. The number of aromatic hydroxyl groups is 1. The molecule has 0 aliphatic carbocycles. The van der Waals surface area contributed by atoms with Gasteiger partial charge in [-0.3, -0.25) is 9.50 Å². The summed E-state index contributed by atoms with van der Waals surface area (Å²) in [6.45, 7) is 1.56. The molecular formula is C18H19NO8S. The molecule has 1 amide bonds. The third-order valence-electron chi connectivity index (χ3n) is 3.95. The smallest absolute Gasteiger partial charge is 0.411 e. The number of carbonyl (C=O) groups excluding carboxylic acids is 1. The maximum atomic E-state index is 12.3. The number of hydrogen-bond acceptors (Lipinski definition) is 8. The van der Waals surface area contributed by atoms with E-state index in [0.717, 1.165) is 5.56 Å². The Morgan fingerprint density at radius 3 is 2.64 bits per heavy atom. The number of rotatable bonds is 5. The first-order valence-corrected chi connectivity index (χ1v) is 9.67. The molecule has 1 aliphatic heterocycles. The van der Waals surface area contributed by atoms with Gasteiger partial charge in [0.05, 0.1) is 17.7 Å². The van der Waals surface area contributed by atoms with Gasteiger partial charge in [-0.15, -0.1) is 0 Å².